The van der Waals surface area contributed by atoms with Gasteiger partial charge in [0.1, 0.15) is 0 Å². The van der Waals surface area contributed by atoms with E-state index in [1.165, 1.54) is 19.3 Å². The molecule has 0 aliphatic rings. The molecule has 0 aliphatic heterocycles. The minimum atomic E-state index is 0.601. The normalized spacial score (nSPS) is 10.2. The Hall–Kier alpha value is -0.460. The van der Waals surface area contributed by atoms with Gasteiger partial charge in [-0.1, -0.05) is 26.3 Å². The fourth-order valence-corrected chi connectivity index (χ4v) is 1.10. The summed E-state index contributed by atoms with van der Waals surface area (Å²) in [6.45, 7) is 11.6. The van der Waals surface area contributed by atoms with Gasteiger partial charge in [-0.05, 0) is 26.5 Å². The average molecular weight is 155 g/mol. The van der Waals surface area contributed by atoms with Gasteiger partial charge in [0.05, 0.1) is 0 Å². The van der Waals surface area contributed by atoms with Gasteiger partial charge < -0.3 is 4.90 Å². The second-order valence-corrected chi connectivity index (χ2v) is 3.22. The summed E-state index contributed by atoms with van der Waals surface area (Å²) in [6.07, 6.45) is 5.86. The predicted molar refractivity (Wildman–Crippen MR) is 51.6 cm³/mol. The van der Waals surface area contributed by atoms with Crippen molar-refractivity contribution in [3.05, 3.63) is 12.8 Å². The predicted octanol–water partition coefficient (Wildman–Crippen LogP) is 3.03. The van der Waals surface area contributed by atoms with Crippen LogP contribution >= 0.6 is 0 Å². The molecule has 0 spiro atoms. The number of rotatable bonds is 6. The summed E-state index contributed by atoms with van der Waals surface area (Å²) < 4.78 is 0. The lowest BCUT2D eigenvalue weighted by molar-refractivity contribution is 0.304. The summed E-state index contributed by atoms with van der Waals surface area (Å²) in [5.74, 6) is 0. The third-order valence-corrected chi connectivity index (χ3v) is 1.92. The number of nitrogens with zero attached hydrogens (tertiary/aromatic N) is 1. The molecule has 0 fully saturated rings. The average Bonchev–Trinajstić information content (AvgIpc) is 1.97. The fourth-order valence-electron chi connectivity index (χ4n) is 1.10. The van der Waals surface area contributed by atoms with Crippen LogP contribution in [-0.4, -0.2) is 17.5 Å². The van der Waals surface area contributed by atoms with Gasteiger partial charge in [-0.3, -0.25) is 0 Å². The van der Waals surface area contributed by atoms with Crippen LogP contribution in [0.25, 0.3) is 0 Å². The summed E-state index contributed by atoms with van der Waals surface area (Å²) in [6, 6.07) is 0.601. The van der Waals surface area contributed by atoms with E-state index in [1.54, 1.807) is 0 Å². The Morgan fingerprint density at radius 1 is 1.36 bits per heavy atom. The van der Waals surface area contributed by atoms with Gasteiger partial charge in [-0.15, -0.1) is 0 Å². The molecule has 0 saturated carbocycles. The summed E-state index contributed by atoms with van der Waals surface area (Å²) >= 11 is 0. The van der Waals surface area contributed by atoms with Crippen LogP contribution < -0.4 is 0 Å². The highest BCUT2D eigenvalue weighted by Gasteiger charge is 2.01. The maximum Gasteiger partial charge on any atom is 0.0227 e. The molecule has 1 nitrogen and oxygen atoms in total. The minimum Gasteiger partial charge on any atom is -0.376 e. The largest absolute Gasteiger partial charge is 0.376 e. The molecular formula is C10H21N. The zero-order valence-corrected chi connectivity index (χ0v) is 8.14. The van der Waals surface area contributed by atoms with E-state index in [4.69, 9.17) is 0 Å². The summed E-state index contributed by atoms with van der Waals surface area (Å²) in [5.41, 5.74) is 0. The van der Waals surface area contributed by atoms with E-state index in [9.17, 15) is 0 Å². The summed E-state index contributed by atoms with van der Waals surface area (Å²) in [5, 5.41) is 0. The zero-order chi connectivity index (χ0) is 8.69. The minimum absolute atomic E-state index is 0.601. The Morgan fingerprint density at radius 2 is 2.00 bits per heavy atom. The molecule has 0 bridgehead atoms. The first kappa shape index (κ1) is 10.5. The van der Waals surface area contributed by atoms with Gasteiger partial charge in [-0.2, -0.15) is 0 Å². The number of hydrogen-bond acceptors (Lipinski definition) is 1. The standard InChI is InChI=1S/C10H21N/c1-5-7-8-9-11(6-2)10(3)4/h6,10H,2,5,7-9H2,1,3-4H3. The maximum absolute atomic E-state index is 3.79. The topological polar surface area (TPSA) is 3.24 Å². The molecule has 0 aliphatic carbocycles. The Morgan fingerprint density at radius 3 is 2.36 bits per heavy atom. The molecule has 0 unspecified atom stereocenters. The van der Waals surface area contributed by atoms with E-state index in [1.807, 2.05) is 6.20 Å². The fraction of sp³-hybridized carbons (Fsp3) is 0.800. The van der Waals surface area contributed by atoms with Gasteiger partial charge >= 0.3 is 0 Å². The van der Waals surface area contributed by atoms with Crippen LogP contribution in [-0.2, 0) is 0 Å². The Labute approximate surface area is 71.1 Å². The molecule has 0 amide bonds. The Bertz CT molecular complexity index is 97.0. The number of hydrogen-bond donors (Lipinski definition) is 0. The van der Waals surface area contributed by atoms with E-state index >= 15 is 0 Å². The highest BCUT2D eigenvalue weighted by Crippen LogP contribution is 2.02. The molecule has 0 aromatic heterocycles. The molecule has 0 rings (SSSR count). The van der Waals surface area contributed by atoms with Crippen LogP contribution in [0.2, 0.25) is 0 Å². The van der Waals surface area contributed by atoms with Crippen molar-refractivity contribution in [1.82, 2.24) is 4.90 Å². The van der Waals surface area contributed by atoms with E-state index < -0.39 is 0 Å². The molecule has 0 aromatic rings. The molecule has 1 heteroatoms. The van der Waals surface area contributed by atoms with Gasteiger partial charge in [-0.25, -0.2) is 0 Å². The second-order valence-electron chi connectivity index (χ2n) is 3.22. The van der Waals surface area contributed by atoms with Crippen molar-refractivity contribution in [3.63, 3.8) is 0 Å². The van der Waals surface area contributed by atoms with Crippen molar-refractivity contribution >= 4 is 0 Å². The third-order valence-electron chi connectivity index (χ3n) is 1.92. The molecule has 0 aromatic carbocycles. The van der Waals surface area contributed by atoms with Crippen LogP contribution in [0, 0.1) is 0 Å². The maximum atomic E-state index is 3.79. The Kier molecular flexibility index (Phi) is 6.00. The quantitative estimate of drug-likeness (QED) is 0.533. The van der Waals surface area contributed by atoms with E-state index in [-0.39, 0.29) is 0 Å². The molecular weight excluding hydrogens is 134 g/mol. The van der Waals surface area contributed by atoms with Gasteiger partial charge in [0.15, 0.2) is 0 Å². The summed E-state index contributed by atoms with van der Waals surface area (Å²) in [7, 11) is 0. The lowest BCUT2D eigenvalue weighted by Crippen LogP contribution is -2.25. The highest BCUT2D eigenvalue weighted by atomic mass is 15.1. The smallest absolute Gasteiger partial charge is 0.0227 e. The Balaban J connectivity index is 3.44. The van der Waals surface area contributed by atoms with Crippen molar-refractivity contribution in [2.45, 2.75) is 46.1 Å². The van der Waals surface area contributed by atoms with E-state index in [2.05, 4.69) is 32.3 Å². The SMILES string of the molecule is C=CN(CCCCC)C(C)C. The monoisotopic (exact) mass is 155 g/mol. The van der Waals surface area contributed by atoms with Crippen LogP contribution in [0.5, 0.6) is 0 Å². The van der Waals surface area contributed by atoms with Crippen LogP contribution in [0.3, 0.4) is 0 Å². The lowest BCUT2D eigenvalue weighted by Gasteiger charge is -2.24. The molecule has 0 N–H and O–H groups in total. The van der Waals surface area contributed by atoms with Crippen molar-refractivity contribution in [2.24, 2.45) is 0 Å². The highest BCUT2D eigenvalue weighted by molar-refractivity contribution is 4.73. The number of unbranched alkanes of at least 4 members (excludes halogenated alkanes) is 2. The molecule has 0 radical (unpaired) electrons. The second kappa shape index (κ2) is 6.26. The molecule has 0 saturated heterocycles. The van der Waals surface area contributed by atoms with E-state index in [0.29, 0.717) is 6.04 Å². The molecule has 66 valence electrons. The first-order valence-electron chi connectivity index (χ1n) is 4.60. The van der Waals surface area contributed by atoms with Gasteiger partial charge in [0.2, 0.25) is 0 Å². The van der Waals surface area contributed by atoms with Crippen LogP contribution in [0.1, 0.15) is 40.0 Å². The van der Waals surface area contributed by atoms with Gasteiger partial charge in [0.25, 0.3) is 0 Å². The van der Waals surface area contributed by atoms with E-state index in [0.717, 1.165) is 6.54 Å². The molecule has 11 heavy (non-hydrogen) atoms. The third kappa shape index (κ3) is 4.88. The zero-order valence-electron chi connectivity index (χ0n) is 8.14. The first-order chi connectivity index (χ1) is 5.22. The van der Waals surface area contributed by atoms with Crippen LogP contribution in [0.4, 0.5) is 0 Å². The summed E-state index contributed by atoms with van der Waals surface area (Å²) in [4.78, 5) is 2.29. The molecule has 0 heterocycles. The van der Waals surface area contributed by atoms with Crippen molar-refractivity contribution in [2.75, 3.05) is 6.54 Å². The van der Waals surface area contributed by atoms with Crippen molar-refractivity contribution in [3.8, 4) is 0 Å². The van der Waals surface area contributed by atoms with Gasteiger partial charge in [0, 0.05) is 12.6 Å². The van der Waals surface area contributed by atoms with Crippen LogP contribution in [0.15, 0.2) is 12.8 Å². The van der Waals surface area contributed by atoms with Crippen molar-refractivity contribution in [1.29, 1.82) is 0 Å². The molecule has 0 atom stereocenters. The lowest BCUT2D eigenvalue weighted by atomic mass is 10.2. The first-order valence-corrected chi connectivity index (χ1v) is 4.60. The van der Waals surface area contributed by atoms with Crippen molar-refractivity contribution < 1.29 is 0 Å².